The first kappa shape index (κ1) is 10.9. The lowest BCUT2D eigenvalue weighted by Gasteiger charge is -2.11. The van der Waals surface area contributed by atoms with Gasteiger partial charge in [0.15, 0.2) is 0 Å². The molecule has 0 aromatic heterocycles. The fraction of sp³-hybridized carbons (Fsp3) is 0.400. The van der Waals surface area contributed by atoms with Crippen LogP contribution in [0.1, 0.15) is 31.4 Å². The average molecular weight is 293 g/mol. The summed E-state index contributed by atoms with van der Waals surface area (Å²) in [4.78, 5) is 0. The Morgan fingerprint density at radius 3 is 2.77 bits per heavy atom. The van der Waals surface area contributed by atoms with Crippen molar-refractivity contribution in [2.45, 2.75) is 25.8 Å². The van der Waals surface area contributed by atoms with Gasteiger partial charge in [0, 0.05) is 15.2 Å². The van der Waals surface area contributed by atoms with Gasteiger partial charge in [-0.25, -0.2) is 4.39 Å². The highest BCUT2D eigenvalue weighted by molar-refractivity contribution is 14.1. The molecular formula is C10H13FIN. The van der Waals surface area contributed by atoms with Crippen LogP contribution in [0.15, 0.2) is 18.2 Å². The van der Waals surface area contributed by atoms with E-state index in [2.05, 4.69) is 22.6 Å². The zero-order chi connectivity index (χ0) is 9.84. The Balaban J connectivity index is 2.88. The van der Waals surface area contributed by atoms with Gasteiger partial charge in [-0.3, -0.25) is 0 Å². The molecule has 0 fully saturated rings. The standard InChI is InChI=1S/C10H13FIN/c1-2-3-10(13)8-5-4-7(12)6-9(8)11/h4-6,10H,2-3,13H2,1H3/t10-/m1/s1. The lowest BCUT2D eigenvalue weighted by Crippen LogP contribution is -2.11. The minimum absolute atomic E-state index is 0.165. The Labute approximate surface area is 91.7 Å². The fourth-order valence-electron chi connectivity index (χ4n) is 1.27. The van der Waals surface area contributed by atoms with Gasteiger partial charge in [0.2, 0.25) is 0 Å². The third-order valence-electron chi connectivity index (χ3n) is 1.96. The van der Waals surface area contributed by atoms with Gasteiger partial charge in [-0.15, -0.1) is 0 Å². The number of rotatable bonds is 3. The van der Waals surface area contributed by atoms with E-state index >= 15 is 0 Å². The third kappa shape index (κ3) is 2.91. The Hall–Kier alpha value is -0.160. The second-order valence-corrected chi connectivity index (χ2v) is 4.31. The van der Waals surface area contributed by atoms with E-state index in [1.807, 2.05) is 13.0 Å². The molecule has 13 heavy (non-hydrogen) atoms. The molecule has 0 saturated heterocycles. The predicted octanol–water partition coefficient (Wildman–Crippen LogP) is 3.23. The van der Waals surface area contributed by atoms with Gasteiger partial charge < -0.3 is 5.73 Å². The molecule has 0 aliphatic heterocycles. The summed E-state index contributed by atoms with van der Waals surface area (Å²) >= 11 is 2.09. The molecule has 1 aromatic rings. The largest absolute Gasteiger partial charge is 0.324 e. The normalized spacial score (nSPS) is 12.9. The number of nitrogens with two attached hydrogens (primary N) is 1. The van der Waals surface area contributed by atoms with Gasteiger partial charge in [0.1, 0.15) is 5.82 Å². The molecule has 0 aliphatic carbocycles. The van der Waals surface area contributed by atoms with Crippen LogP contribution in [0.2, 0.25) is 0 Å². The quantitative estimate of drug-likeness (QED) is 0.851. The lowest BCUT2D eigenvalue weighted by molar-refractivity contribution is 0.559. The van der Waals surface area contributed by atoms with Gasteiger partial charge in [-0.2, -0.15) is 0 Å². The molecule has 1 atom stereocenters. The number of hydrogen-bond acceptors (Lipinski definition) is 1. The summed E-state index contributed by atoms with van der Waals surface area (Å²) in [5.74, 6) is -0.187. The van der Waals surface area contributed by atoms with Crippen molar-refractivity contribution in [3.05, 3.63) is 33.1 Å². The molecule has 2 N–H and O–H groups in total. The van der Waals surface area contributed by atoms with Crippen LogP contribution in [-0.2, 0) is 0 Å². The van der Waals surface area contributed by atoms with Crippen LogP contribution in [0.5, 0.6) is 0 Å². The van der Waals surface area contributed by atoms with E-state index < -0.39 is 0 Å². The summed E-state index contributed by atoms with van der Waals surface area (Å²) in [6.45, 7) is 2.05. The molecule has 0 amide bonds. The van der Waals surface area contributed by atoms with Gasteiger partial charge in [0.05, 0.1) is 0 Å². The molecular weight excluding hydrogens is 280 g/mol. The molecule has 1 aromatic carbocycles. The van der Waals surface area contributed by atoms with Gasteiger partial charge in [-0.05, 0) is 41.1 Å². The Kier molecular flexibility index (Phi) is 4.12. The van der Waals surface area contributed by atoms with Crippen molar-refractivity contribution in [2.75, 3.05) is 0 Å². The molecule has 0 aliphatic rings. The minimum atomic E-state index is -0.187. The topological polar surface area (TPSA) is 26.0 Å². The van der Waals surface area contributed by atoms with Crippen LogP contribution >= 0.6 is 22.6 Å². The van der Waals surface area contributed by atoms with Crippen LogP contribution in [0.3, 0.4) is 0 Å². The van der Waals surface area contributed by atoms with Crippen molar-refractivity contribution in [1.82, 2.24) is 0 Å². The summed E-state index contributed by atoms with van der Waals surface area (Å²) in [5, 5.41) is 0. The van der Waals surface area contributed by atoms with Crippen molar-refractivity contribution in [2.24, 2.45) is 5.73 Å². The third-order valence-corrected chi connectivity index (χ3v) is 2.63. The molecule has 3 heteroatoms. The highest BCUT2D eigenvalue weighted by Gasteiger charge is 2.09. The Morgan fingerprint density at radius 1 is 1.54 bits per heavy atom. The molecule has 0 unspecified atom stereocenters. The van der Waals surface area contributed by atoms with Crippen molar-refractivity contribution < 1.29 is 4.39 Å². The summed E-state index contributed by atoms with van der Waals surface area (Å²) in [7, 11) is 0. The summed E-state index contributed by atoms with van der Waals surface area (Å²) in [5.41, 5.74) is 6.44. The van der Waals surface area contributed by atoms with Crippen LogP contribution in [-0.4, -0.2) is 0 Å². The molecule has 72 valence electrons. The highest BCUT2D eigenvalue weighted by atomic mass is 127. The smallest absolute Gasteiger partial charge is 0.129 e. The molecule has 1 nitrogen and oxygen atoms in total. The number of hydrogen-bond donors (Lipinski definition) is 1. The Morgan fingerprint density at radius 2 is 2.23 bits per heavy atom. The summed E-state index contributed by atoms with van der Waals surface area (Å²) in [6, 6.07) is 5.01. The molecule has 0 spiro atoms. The second kappa shape index (κ2) is 4.91. The van der Waals surface area contributed by atoms with Crippen LogP contribution in [0.25, 0.3) is 0 Å². The van der Waals surface area contributed by atoms with Crippen molar-refractivity contribution >= 4 is 22.6 Å². The van der Waals surface area contributed by atoms with Gasteiger partial charge in [-0.1, -0.05) is 19.4 Å². The zero-order valence-corrected chi connectivity index (χ0v) is 9.71. The molecule has 0 bridgehead atoms. The van der Waals surface area contributed by atoms with E-state index in [9.17, 15) is 4.39 Å². The lowest BCUT2D eigenvalue weighted by atomic mass is 10.0. The van der Waals surface area contributed by atoms with Crippen LogP contribution in [0.4, 0.5) is 4.39 Å². The number of halogens is 2. The fourth-order valence-corrected chi connectivity index (χ4v) is 1.72. The van der Waals surface area contributed by atoms with Crippen molar-refractivity contribution in [3.63, 3.8) is 0 Å². The maximum Gasteiger partial charge on any atom is 0.129 e. The first-order valence-corrected chi connectivity index (χ1v) is 5.43. The van der Waals surface area contributed by atoms with E-state index in [-0.39, 0.29) is 11.9 Å². The molecule has 1 rings (SSSR count). The average Bonchev–Trinajstić information content (AvgIpc) is 2.04. The first-order chi connectivity index (χ1) is 6.15. The highest BCUT2D eigenvalue weighted by Crippen LogP contribution is 2.20. The zero-order valence-electron chi connectivity index (χ0n) is 7.56. The van der Waals surface area contributed by atoms with Gasteiger partial charge in [0.25, 0.3) is 0 Å². The maximum atomic E-state index is 13.3. The molecule has 0 radical (unpaired) electrons. The van der Waals surface area contributed by atoms with Crippen LogP contribution in [0, 0.1) is 9.39 Å². The van der Waals surface area contributed by atoms with Crippen molar-refractivity contribution in [3.8, 4) is 0 Å². The predicted molar refractivity (Wildman–Crippen MR) is 61.0 cm³/mol. The first-order valence-electron chi connectivity index (χ1n) is 4.35. The van der Waals surface area contributed by atoms with E-state index in [0.29, 0.717) is 5.56 Å². The summed E-state index contributed by atoms with van der Waals surface area (Å²) in [6.07, 6.45) is 1.81. The van der Waals surface area contributed by atoms with Crippen molar-refractivity contribution in [1.29, 1.82) is 0 Å². The molecule has 0 saturated carbocycles. The van der Waals surface area contributed by atoms with E-state index in [1.54, 1.807) is 6.07 Å². The maximum absolute atomic E-state index is 13.3. The second-order valence-electron chi connectivity index (χ2n) is 3.06. The van der Waals surface area contributed by atoms with E-state index in [0.717, 1.165) is 16.4 Å². The van der Waals surface area contributed by atoms with Gasteiger partial charge >= 0.3 is 0 Å². The van der Waals surface area contributed by atoms with Crippen LogP contribution < -0.4 is 5.73 Å². The monoisotopic (exact) mass is 293 g/mol. The Bertz CT molecular complexity index is 288. The minimum Gasteiger partial charge on any atom is -0.324 e. The summed E-state index contributed by atoms with van der Waals surface area (Å²) < 4.78 is 14.2. The van der Waals surface area contributed by atoms with E-state index in [4.69, 9.17) is 5.73 Å². The number of benzene rings is 1. The SMILES string of the molecule is CCC[C@@H](N)c1ccc(I)cc1F. The molecule has 0 heterocycles. The van der Waals surface area contributed by atoms with E-state index in [1.165, 1.54) is 6.07 Å².